The zero-order valence-corrected chi connectivity index (χ0v) is 11.8. The van der Waals surface area contributed by atoms with Crippen molar-refractivity contribution < 1.29 is 24.2 Å². The smallest absolute Gasteiger partial charge is 0.308 e. The van der Waals surface area contributed by atoms with Crippen LogP contribution in [0.2, 0.25) is 0 Å². The lowest BCUT2D eigenvalue weighted by Gasteiger charge is -2.11. The Morgan fingerprint density at radius 2 is 2.00 bits per heavy atom. The molecule has 0 aliphatic carbocycles. The van der Waals surface area contributed by atoms with Crippen molar-refractivity contribution in [3.05, 3.63) is 23.8 Å². The van der Waals surface area contributed by atoms with Crippen LogP contribution in [-0.2, 0) is 16.0 Å². The van der Waals surface area contributed by atoms with Crippen LogP contribution in [0, 0.1) is 5.92 Å². The van der Waals surface area contributed by atoms with Crippen molar-refractivity contribution in [1.29, 1.82) is 0 Å². The van der Waals surface area contributed by atoms with E-state index < -0.39 is 11.9 Å². The average molecular weight is 281 g/mol. The van der Waals surface area contributed by atoms with Gasteiger partial charge in [0.25, 0.3) is 0 Å². The molecule has 0 saturated heterocycles. The molecule has 0 aliphatic rings. The van der Waals surface area contributed by atoms with E-state index in [0.717, 1.165) is 0 Å². The molecule has 0 spiro atoms. The summed E-state index contributed by atoms with van der Waals surface area (Å²) in [6.45, 7) is 1.64. The molecule has 0 radical (unpaired) electrons. The van der Waals surface area contributed by atoms with Crippen molar-refractivity contribution in [2.75, 3.05) is 20.8 Å². The van der Waals surface area contributed by atoms with E-state index in [2.05, 4.69) is 5.32 Å². The van der Waals surface area contributed by atoms with Crippen LogP contribution in [0.3, 0.4) is 0 Å². The van der Waals surface area contributed by atoms with E-state index in [1.54, 1.807) is 25.3 Å². The Bertz CT molecular complexity index is 486. The molecule has 1 atom stereocenters. The molecular formula is C14H19NO5. The Labute approximate surface area is 117 Å². The Balaban J connectivity index is 2.64. The van der Waals surface area contributed by atoms with Crippen molar-refractivity contribution in [3.8, 4) is 11.5 Å². The number of carbonyl (C=O) groups is 2. The lowest BCUT2D eigenvalue weighted by atomic mass is 10.1. The van der Waals surface area contributed by atoms with Gasteiger partial charge in [0.15, 0.2) is 0 Å². The van der Waals surface area contributed by atoms with Crippen LogP contribution in [0.5, 0.6) is 11.5 Å². The van der Waals surface area contributed by atoms with Gasteiger partial charge < -0.3 is 19.9 Å². The maximum absolute atomic E-state index is 11.8. The molecule has 1 aromatic rings. The molecular weight excluding hydrogens is 262 g/mol. The minimum Gasteiger partial charge on any atom is -0.497 e. The highest BCUT2D eigenvalue weighted by Gasteiger charge is 2.14. The number of rotatable bonds is 7. The molecule has 110 valence electrons. The summed E-state index contributed by atoms with van der Waals surface area (Å²) in [5, 5.41) is 11.3. The summed E-state index contributed by atoms with van der Waals surface area (Å²) < 4.78 is 10.3. The highest BCUT2D eigenvalue weighted by Crippen LogP contribution is 2.24. The van der Waals surface area contributed by atoms with Crippen molar-refractivity contribution in [2.45, 2.75) is 13.3 Å². The molecule has 1 amide bonds. The molecule has 0 heterocycles. The Morgan fingerprint density at radius 3 is 2.55 bits per heavy atom. The fourth-order valence-electron chi connectivity index (χ4n) is 1.59. The molecule has 2 N–H and O–H groups in total. The number of benzene rings is 1. The van der Waals surface area contributed by atoms with Gasteiger partial charge in [0.2, 0.25) is 5.91 Å². The normalized spacial score (nSPS) is 11.6. The quantitative estimate of drug-likeness (QED) is 0.781. The van der Waals surface area contributed by atoms with E-state index in [-0.39, 0.29) is 18.9 Å². The molecule has 6 nitrogen and oxygen atoms in total. The minimum absolute atomic E-state index is 0.104. The van der Waals surface area contributed by atoms with Crippen LogP contribution >= 0.6 is 0 Å². The monoisotopic (exact) mass is 281 g/mol. The van der Waals surface area contributed by atoms with Crippen LogP contribution < -0.4 is 14.8 Å². The lowest BCUT2D eigenvalue weighted by Crippen LogP contribution is -2.32. The fourth-order valence-corrected chi connectivity index (χ4v) is 1.59. The Kier molecular flexibility index (Phi) is 5.83. The van der Waals surface area contributed by atoms with E-state index in [4.69, 9.17) is 14.6 Å². The standard InChI is InChI=1S/C14H19NO5/c1-9(14(17)18)8-15-13(16)6-10-4-5-11(19-2)7-12(10)20-3/h4-5,7,9H,6,8H2,1-3H3,(H,15,16)(H,17,18). The first-order valence-corrected chi connectivity index (χ1v) is 6.18. The third-order valence-corrected chi connectivity index (χ3v) is 2.87. The first kappa shape index (κ1) is 15.8. The number of aliphatic carboxylic acids is 1. The van der Waals surface area contributed by atoms with Crippen LogP contribution in [0.25, 0.3) is 0 Å². The maximum Gasteiger partial charge on any atom is 0.308 e. The molecule has 0 aromatic heterocycles. The number of carboxylic acids is 1. The second-order valence-corrected chi connectivity index (χ2v) is 4.40. The Hall–Kier alpha value is -2.24. The van der Waals surface area contributed by atoms with Crippen LogP contribution in [0.15, 0.2) is 18.2 Å². The van der Waals surface area contributed by atoms with E-state index in [0.29, 0.717) is 17.1 Å². The van der Waals surface area contributed by atoms with Gasteiger partial charge in [-0.25, -0.2) is 0 Å². The third kappa shape index (κ3) is 4.46. The van der Waals surface area contributed by atoms with Crippen molar-refractivity contribution in [2.24, 2.45) is 5.92 Å². The fraction of sp³-hybridized carbons (Fsp3) is 0.429. The molecule has 0 bridgehead atoms. The number of carbonyl (C=O) groups excluding carboxylic acids is 1. The minimum atomic E-state index is -0.938. The number of methoxy groups -OCH3 is 2. The van der Waals surface area contributed by atoms with Crippen LogP contribution in [0.4, 0.5) is 0 Å². The summed E-state index contributed by atoms with van der Waals surface area (Å²) >= 11 is 0. The average Bonchev–Trinajstić information content (AvgIpc) is 2.44. The molecule has 1 rings (SSSR count). The van der Waals surface area contributed by atoms with Gasteiger partial charge in [-0.1, -0.05) is 13.0 Å². The molecule has 0 aliphatic heterocycles. The summed E-state index contributed by atoms with van der Waals surface area (Å²) in [4.78, 5) is 22.4. The van der Waals surface area contributed by atoms with Crippen molar-refractivity contribution >= 4 is 11.9 Å². The second kappa shape index (κ2) is 7.37. The topological polar surface area (TPSA) is 84.9 Å². The third-order valence-electron chi connectivity index (χ3n) is 2.87. The predicted molar refractivity (Wildman–Crippen MR) is 73.1 cm³/mol. The van der Waals surface area contributed by atoms with Gasteiger partial charge >= 0.3 is 5.97 Å². The van der Waals surface area contributed by atoms with Crippen molar-refractivity contribution in [1.82, 2.24) is 5.32 Å². The highest BCUT2D eigenvalue weighted by atomic mass is 16.5. The molecule has 1 aromatic carbocycles. The van der Waals surface area contributed by atoms with Gasteiger partial charge in [0.1, 0.15) is 11.5 Å². The number of carboxylic acid groups (broad SMARTS) is 1. The first-order valence-electron chi connectivity index (χ1n) is 6.18. The second-order valence-electron chi connectivity index (χ2n) is 4.40. The zero-order valence-electron chi connectivity index (χ0n) is 11.8. The van der Waals surface area contributed by atoms with E-state index in [1.165, 1.54) is 14.0 Å². The van der Waals surface area contributed by atoms with Crippen molar-refractivity contribution in [3.63, 3.8) is 0 Å². The number of hydrogen-bond acceptors (Lipinski definition) is 4. The number of nitrogens with one attached hydrogen (secondary N) is 1. The number of amides is 1. The lowest BCUT2D eigenvalue weighted by molar-refractivity contribution is -0.141. The molecule has 6 heteroatoms. The summed E-state index contributed by atoms with van der Waals surface area (Å²) in [6.07, 6.45) is 0.125. The van der Waals surface area contributed by atoms with Gasteiger partial charge in [-0.05, 0) is 6.07 Å². The zero-order chi connectivity index (χ0) is 15.1. The van der Waals surface area contributed by atoms with Gasteiger partial charge in [-0.2, -0.15) is 0 Å². The summed E-state index contributed by atoms with van der Waals surface area (Å²) in [7, 11) is 3.07. The number of ether oxygens (including phenoxy) is 2. The summed E-state index contributed by atoms with van der Waals surface area (Å²) in [5.74, 6) is -0.595. The predicted octanol–water partition coefficient (Wildman–Crippen LogP) is 1.08. The molecule has 0 fully saturated rings. The van der Waals surface area contributed by atoms with Crippen LogP contribution in [0.1, 0.15) is 12.5 Å². The van der Waals surface area contributed by atoms with Crippen LogP contribution in [-0.4, -0.2) is 37.7 Å². The van der Waals surface area contributed by atoms with E-state index >= 15 is 0 Å². The van der Waals surface area contributed by atoms with Gasteiger partial charge in [-0.3, -0.25) is 9.59 Å². The van der Waals surface area contributed by atoms with E-state index in [1.807, 2.05) is 0 Å². The largest absolute Gasteiger partial charge is 0.497 e. The van der Waals surface area contributed by atoms with Gasteiger partial charge in [0.05, 0.1) is 26.6 Å². The SMILES string of the molecule is COc1ccc(CC(=O)NCC(C)C(=O)O)c(OC)c1. The summed E-state index contributed by atoms with van der Waals surface area (Å²) in [6, 6.07) is 5.19. The summed E-state index contributed by atoms with van der Waals surface area (Å²) in [5.41, 5.74) is 0.716. The van der Waals surface area contributed by atoms with E-state index in [9.17, 15) is 9.59 Å². The molecule has 1 unspecified atom stereocenters. The molecule has 20 heavy (non-hydrogen) atoms. The van der Waals surface area contributed by atoms with Gasteiger partial charge in [0, 0.05) is 18.2 Å². The van der Waals surface area contributed by atoms with Gasteiger partial charge in [-0.15, -0.1) is 0 Å². The molecule has 0 saturated carbocycles. The Morgan fingerprint density at radius 1 is 1.30 bits per heavy atom. The first-order chi connectivity index (χ1) is 9.47. The number of hydrogen-bond donors (Lipinski definition) is 2. The highest BCUT2D eigenvalue weighted by molar-refractivity contribution is 5.80. The maximum atomic E-state index is 11.8.